The first-order valence-electron chi connectivity index (χ1n) is 12.2. The van der Waals surface area contributed by atoms with E-state index < -0.39 is 10.0 Å². The Morgan fingerprint density at radius 2 is 1.86 bits per heavy atom. The van der Waals surface area contributed by atoms with Crippen molar-refractivity contribution in [1.29, 1.82) is 0 Å². The fourth-order valence-electron chi connectivity index (χ4n) is 4.79. The molecule has 0 aliphatic carbocycles. The van der Waals surface area contributed by atoms with E-state index in [1.807, 2.05) is 18.7 Å². The van der Waals surface area contributed by atoms with Crippen LogP contribution in [0.25, 0.3) is 10.8 Å². The molecule has 0 saturated carbocycles. The molecule has 192 valence electrons. The van der Waals surface area contributed by atoms with E-state index in [9.17, 15) is 18.0 Å². The van der Waals surface area contributed by atoms with Crippen molar-refractivity contribution in [3.63, 3.8) is 0 Å². The maximum atomic E-state index is 13.5. The Morgan fingerprint density at radius 3 is 2.50 bits per heavy atom. The predicted octanol–water partition coefficient (Wildman–Crippen LogP) is 4.01. The van der Waals surface area contributed by atoms with Crippen LogP contribution in [0.5, 0.6) is 0 Å². The molecule has 3 aromatic rings. The summed E-state index contributed by atoms with van der Waals surface area (Å²) in [7, 11) is -3.86. The van der Waals surface area contributed by atoms with Gasteiger partial charge >= 0.3 is 0 Å². The number of amides is 2. The normalized spacial score (nSPS) is 18.4. The number of piperidine rings is 1. The molecule has 1 aliphatic heterocycles. The summed E-state index contributed by atoms with van der Waals surface area (Å²) < 4.78 is 34.9. The van der Waals surface area contributed by atoms with Crippen molar-refractivity contribution in [2.75, 3.05) is 18.4 Å². The molecule has 1 fully saturated rings. The zero-order valence-corrected chi connectivity index (χ0v) is 21.8. The van der Waals surface area contributed by atoms with Crippen LogP contribution in [0.1, 0.15) is 54.9 Å². The van der Waals surface area contributed by atoms with E-state index in [1.54, 1.807) is 44.2 Å². The van der Waals surface area contributed by atoms with Gasteiger partial charge in [0.2, 0.25) is 15.9 Å². The van der Waals surface area contributed by atoms with Gasteiger partial charge in [0.05, 0.1) is 10.6 Å². The SMILES string of the molecule is CCCC(=O)N1CC[C@@H](NS(=O)(=O)c2ccc(NC(=O)c3c(C)noc3C)c3ccccc23)[C@@H](C)C1. The summed E-state index contributed by atoms with van der Waals surface area (Å²) >= 11 is 0. The summed E-state index contributed by atoms with van der Waals surface area (Å²) in [5.74, 6) is 0.137. The third kappa shape index (κ3) is 5.15. The highest BCUT2D eigenvalue weighted by atomic mass is 32.2. The Bertz CT molecular complexity index is 1380. The Hall–Kier alpha value is -3.24. The molecule has 1 saturated heterocycles. The molecule has 2 atom stereocenters. The molecule has 0 unspecified atom stereocenters. The predicted molar refractivity (Wildman–Crippen MR) is 137 cm³/mol. The van der Waals surface area contributed by atoms with E-state index in [2.05, 4.69) is 15.2 Å². The number of rotatable bonds is 7. The van der Waals surface area contributed by atoms with Crippen LogP contribution in [0.2, 0.25) is 0 Å². The minimum absolute atomic E-state index is 0.0193. The maximum Gasteiger partial charge on any atom is 0.261 e. The number of carbonyl (C=O) groups excluding carboxylic acids is 2. The Balaban J connectivity index is 1.58. The number of sulfonamides is 1. The lowest BCUT2D eigenvalue weighted by Gasteiger charge is -2.37. The van der Waals surface area contributed by atoms with Gasteiger partial charge in [0.1, 0.15) is 11.3 Å². The summed E-state index contributed by atoms with van der Waals surface area (Å²) in [5.41, 5.74) is 1.33. The Morgan fingerprint density at radius 1 is 1.14 bits per heavy atom. The zero-order valence-electron chi connectivity index (χ0n) is 21.0. The van der Waals surface area contributed by atoms with Crippen LogP contribution in [0.4, 0.5) is 5.69 Å². The van der Waals surface area contributed by atoms with Gasteiger partial charge in [0.15, 0.2) is 0 Å². The van der Waals surface area contributed by atoms with Crippen LogP contribution < -0.4 is 10.0 Å². The van der Waals surface area contributed by atoms with Crippen LogP contribution in [0.3, 0.4) is 0 Å². The lowest BCUT2D eigenvalue weighted by Crippen LogP contribution is -2.51. The molecule has 1 aliphatic rings. The minimum Gasteiger partial charge on any atom is -0.361 e. The van der Waals surface area contributed by atoms with Crippen molar-refractivity contribution in [2.24, 2.45) is 5.92 Å². The maximum absolute atomic E-state index is 13.5. The van der Waals surface area contributed by atoms with Crippen molar-refractivity contribution in [3.8, 4) is 0 Å². The smallest absolute Gasteiger partial charge is 0.261 e. The number of hydrogen-bond donors (Lipinski definition) is 2. The van der Waals surface area contributed by atoms with Gasteiger partial charge in [-0.2, -0.15) is 0 Å². The van der Waals surface area contributed by atoms with Crippen molar-refractivity contribution in [2.45, 2.75) is 57.9 Å². The fourth-order valence-corrected chi connectivity index (χ4v) is 6.38. The first-order valence-corrected chi connectivity index (χ1v) is 13.7. The highest BCUT2D eigenvalue weighted by Crippen LogP contribution is 2.31. The van der Waals surface area contributed by atoms with Gasteiger partial charge in [-0.25, -0.2) is 13.1 Å². The van der Waals surface area contributed by atoms with Crippen LogP contribution in [0, 0.1) is 19.8 Å². The summed E-state index contributed by atoms with van der Waals surface area (Å²) in [6, 6.07) is 9.90. The highest BCUT2D eigenvalue weighted by molar-refractivity contribution is 7.89. The number of hydrogen-bond acceptors (Lipinski definition) is 6. The summed E-state index contributed by atoms with van der Waals surface area (Å²) in [6.45, 7) is 8.35. The van der Waals surface area contributed by atoms with Gasteiger partial charge in [-0.05, 0) is 44.7 Å². The van der Waals surface area contributed by atoms with Crippen molar-refractivity contribution in [1.82, 2.24) is 14.8 Å². The zero-order chi connectivity index (χ0) is 26.0. The molecule has 2 heterocycles. The fraction of sp³-hybridized carbons (Fsp3) is 0.423. The number of anilines is 1. The topological polar surface area (TPSA) is 122 Å². The van der Waals surface area contributed by atoms with Gasteiger partial charge < -0.3 is 14.7 Å². The molecule has 36 heavy (non-hydrogen) atoms. The summed E-state index contributed by atoms with van der Waals surface area (Å²) in [4.78, 5) is 27.1. The van der Waals surface area contributed by atoms with Crippen LogP contribution in [-0.2, 0) is 14.8 Å². The third-order valence-electron chi connectivity index (χ3n) is 6.71. The summed E-state index contributed by atoms with van der Waals surface area (Å²) in [6.07, 6.45) is 1.86. The number of carbonyl (C=O) groups is 2. The summed E-state index contributed by atoms with van der Waals surface area (Å²) in [5, 5.41) is 7.81. The molecule has 9 nitrogen and oxygen atoms in total. The standard InChI is InChI=1S/C26H32N4O5S/c1-5-8-24(31)30-14-13-21(16(2)15-30)29-36(33,34)23-12-11-22(19-9-6-7-10-20(19)23)27-26(32)25-17(3)28-35-18(25)4/h6-7,9-12,16,21,29H,5,8,13-15H2,1-4H3,(H,27,32)/t16-,21+/m0/s1. The van der Waals surface area contributed by atoms with Gasteiger partial charge in [-0.3, -0.25) is 9.59 Å². The Labute approximate surface area is 211 Å². The van der Waals surface area contributed by atoms with Crippen molar-refractivity contribution >= 4 is 38.3 Å². The largest absolute Gasteiger partial charge is 0.361 e. The Kier molecular flexibility index (Phi) is 7.46. The van der Waals surface area contributed by atoms with Gasteiger partial charge in [-0.15, -0.1) is 0 Å². The number of aryl methyl sites for hydroxylation is 2. The van der Waals surface area contributed by atoms with Crippen LogP contribution in [0.15, 0.2) is 45.8 Å². The van der Waals surface area contributed by atoms with Gasteiger partial charge in [0.25, 0.3) is 5.91 Å². The van der Waals surface area contributed by atoms with E-state index in [-0.39, 0.29) is 28.7 Å². The second-order valence-corrected chi connectivity index (χ2v) is 11.1. The number of fused-ring (bicyclic) bond motifs is 1. The minimum atomic E-state index is -3.86. The van der Waals surface area contributed by atoms with Crippen molar-refractivity contribution < 1.29 is 22.5 Å². The molecule has 0 spiro atoms. The molecule has 1 aromatic heterocycles. The average molecular weight is 513 g/mol. The molecule has 0 radical (unpaired) electrons. The molecule has 2 N–H and O–H groups in total. The van der Waals surface area contributed by atoms with E-state index in [0.29, 0.717) is 59.4 Å². The average Bonchev–Trinajstić information content (AvgIpc) is 3.18. The number of nitrogens with zero attached hydrogens (tertiary/aromatic N) is 2. The van der Waals surface area contributed by atoms with E-state index in [4.69, 9.17) is 4.52 Å². The lowest BCUT2D eigenvalue weighted by molar-refractivity contribution is -0.133. The molecular formula is C26H32N4O5S. The van der Waals surface area contributed by atoms with Gasteiger partial charge in [0, 0.05) is 42.0 Å². The molecule has 4 rings (SSSR count). The molecule has 0 bridgehead atoms. The number of benzene rings is 2. The number of nitrogens with one attached hydrogen (secondary N) is 2. The third-order valence-corrected chi connectivity index (χ3v) is 8.26. The van der Waals surface area contributed by atoms with Crippen molar-refractivity contribution in [3.05, 3.63) is 53.4 Å². The monoisotopic (exact) mass is 512 g/mol. The second-order valence-electron chi connectivity index (χ2n) is 9.39. The van der Waals surface area contributed by atoms with Gasteiger partial charge in [-0.1, -0.05) is 43.3 Å². The molecule has 10 heteroatoms. The molecule has 2 aromatic carbocycles. The van der Waals surface area contributed by atoms with Crippen LogP contribution >= 0.6 is 0 Å². The first kappa shape index (κ1) is 25.8. The molecule has 2 amide bonds. The lowest BCUT2D eigenvalue weighted by atomic mass is 9.94. The number of likely N-dealkylation sites (tertiary alicyclic amines) is 1. The van der Waals surface area contributed by atoms with Crippen LogP contribution in [-0.4, -0.2) is 49.4 Å². The van der Waals surface area contributed by atoms with E-state index in [0.717, 1.165) is 6.42 Å². The number of aromatic nitrogens is 1. The molecular weight excluding hydrogens is 480 g/mol. The second kappa shape index (κ2) is 10.4. The first-order chi connectivity index (χ1) is 17.1. The van der Waals surface area contributed by atoms with E-state index in [1.165, 1.54) is 6.07 Å². The highest BCUT2D eigenvalue weighted by Gasteiger charge is 2.32. The quantitative estimate of drug-likeness (QED) is 0.493. The van der Waals surface area contributed by atoms with E-state index >= 15 is 0 Å².